The second kappa shape index (κ2) is 9.97. The zero-order valence-corrected chi connectivity index (χ0v) is 19.5. The van der Waals surface area contributed by atoms with Gasteiger partial charge in [0.15, 0.2) is 23.4 Å². The van der Waals surface area contributed by atoms with Gasteiger partial charge in [0.25, 0.3) is 18.3 Å². The number of nitrogens with one attached hydrogen (secondary N) is 1. The first-order valence-electron chi connectivity index (χ1n) is 10.9. The third-order valence-electron chi connectivity index (χ3n) is 6.36. The van der Waals surface area contributed by atoms with Crippen molar-refractivity contribution in [2.45, 2.75) is 51.3 Å². The number of rotatable bonds is 7. The molecule has 1 aromatic carbocycles. The number of nitrogens with two attached hydrogens (primary N) is 1. The van der Waals surface area contributed by atoms with Gasteiger partial charge in [-0.25, -0.2) is 4.39 Å². The highest BCUT2D eigenvalue weighted by Crippen LogP contribution is 2.55. The summed E-state index contributed by atoms with van der Waals surface area (Å²) >= 11 is 0. The molecule has 0 saturated carbocycles. The maximum absolute atomic E-state index is 14.6. The summed E-state index contributed by atoms with van der Waals surface area (Å²) in [6.07, 6.45) is -5.49. The van der Waals surface area contributed by atoms with Crippen LogP contribution in [-0.2, 0) is 16.3 Å². The van der Waals surface area contributed by atoms with Crippen LogP contribution in [0, 0.1) is 17.6 Å². The number of amides is 2. The topological polar surface area (TPSA) is 115 Å². The fourth-order valence-electron chi connectivity index (χ4n) is 4.28. The summed E-state index contributed by atoms with van der Waals surface area (Å²) in [5, 5.41) is 11.7. The van der Waals surface area contributed by atoms with Crippen molar-refractivity contribution in [3.05, 3.63) is 53.4 Å². The molecule has 1 fully saturated rings. The lowest BCUT2D eigenvalue weighted by Crippen LogP contribution is -2.47. The molecule has 4 atom stereocenters. The van der Waals surface area contributed by atoms with Crippen molar-refractivity contribution >= 4 is 17.5 Å². The van der Waals surface area contributed by atoms with Gasteiger partial charge in [0, 0.05) is 29.5 Å². The van der Waals surface area contributed by atoms with Gasteiger partial charge in [0.1, 0.15) is 6.10 Å². The number of hydrogen-bond donors (Lipinski definition) is 3. The van der Waals surface area contributed by atoms with Gasteiger partial charge >= 0.3 is 12.1 Å². The van der Waals surface area contributed by atoms with Crippen LogP contribution >= 0.6 is 0 Å². The second-order valence-corrected chi connectivity index (χ2v) is 8.44. The number of pyridine rings is 1. The van der Waals surface area contributed by atoms with E-state index in [-0.39, 0.29) is 23.6 Å². The van der Waals surface area contributed by atoms with E-state index in [0.29, 0.717) is 0 Å². The second-order valence-electron chi connectivity index (χ2n) is 8.44. The average Bonchev–Trinajstić information content (AvgIpc) is 3.09. The fourth-order valence-corrected chi connectivity index (χ4v) is 4.28. The summed E-state index contributed by atoms with van der Waals surface area (Å²) in [5.41, 5.74) is 2.08. The Balaban J connectivity index is 2.09. The van der Waals surface area contributed by atoms with Crippen LogP contribution in [0.3, 0.4) is 0 Å². The number of alkyl halides is 3. The maximum Gasteiger partial charge on any atom is 0.417 e. The normalized spacial score (nSPS) is 24.0. The molecule has 1 aliphatic rings. The summed E-state index contributed by atoms with van der Waals surface area (Å²) in [6, 6.07) is 4.20. The van der Waals surface area contributed by atoms with E-state index in [4.69, 9.17) is 15.2 Å². The molecule has 8 nitrogen and oxygen atoms in total. The Labute approximate surface area is 202 Å². The first-order valence-corrected chi connectivity index (χ1v) is 10.9. The standard InChI is InChI=1S/C23H24F5N3O5/c1-4-35-18-13(5-6-14(24)17(18)25)16-11(2)22(3,23(26,27)28)36-19(16)21(34)30-12-7-8-31(10-32)15(9-12)20(29)33/h5-9,11,16,19,32H,4,10H2,1-3H3,(H2,29,33)/p+1/t11-,16-,19+,22+/m1/s1. The first-order chi connectivity index (χ1) is 16.8. The molecule has 1 aliphatic heterocycles. The molecule has 13 heteroatoms. The van der Waals surface area contributed by atoms with E-state index in [1.807, 2.05) is 0 Å². The zero-order chi connectivity index (χ0) is 27.0. The summed E-state index contributed by atoms with van der Waals surface area (Å²) < 4.78 is 82.3. The molecule has 0 aliphatic carbocycles. The van der Waals surface area contributed by atoms with Crippen molar-refractivity contribution < 1.29 is 50.7 Å². The number of aromatic nitrogens is 1. The van der Waals surface area contributed by atoms with Crippen molar-refractivity contribution in [2.75, 3.05) is 11.9 Å². The Hall–Kier alpha value is -3.32. The van der Waals surface area contributed by atoms with E-state index in [0.717, 1.165) is 29.7 Å². The highest BCUT2D eigenvalue weighted by molar-refractivity contribution is 5.97. The molecule has 2 heterocycles. The summed E-state index contributed by atoms with van der Waals surface area (Å²) in [6.45, 7) is 2.74. The molecule has 0 spiro atoms. The minimum absolute atomic E-state index is 0.0237. The van der Waals surface area contributed by atoms with Gasteiger partial charge in [-0.05, 0) is 19.9 Å². The molecular weight excluding hydrogens is 493 g/mol. The third-order valence-corrected chi connectivity index (χ3v) is 6.36. The molecule has 2 amide bonds. The first kappa shape index (κ1) is 27.3. The van der Waals surface area contributed by atoms with Gasteiger partial charge in [-0.15, -0.1) is 0 Å². The fraction of sp³-hybridized carbons (Fsp3) is 0.435. The average molecular weight is 518 g/mol. The molecule has 4 N–H and O–H groups in total. The smallest absolute Gasteiger partial charge is 0.417 e. The lowest BCUT2D eigenvalue weighted by molar-refractivity contribution is -0.731. The monoisotopic (exact) mass is 518 g/mol. The molecule has 2 aromatic rings. The van der Waals surface area contributed by atoms with Crippen molar-refractivity contribution in [3.63, 3.8) is 0 Å². The Morgan fingerprint density at radius 1 is 1.28 bits per heavy atom. The maximum atomic E-state index is 14.6. The van der Waals surface area contributed by atoms with Crippen molar-refractivity contribution in [3.8, 4) is 5.75 Å². The quantitative estimate of drug-likeness (QED) is 0.385. The molecule has 0 radical (unpaired) electrons. The van der Waals surface area contributed by atoms with Crippen LogP contribution < -0.4 is 20.4 Å². The van der Waals surface area contributed by atoms with Crippen LogP contribution in [0.25, 0.3) is 0 Å². The minimum Gasteiger partial charge on any atom is -0.490 e. The Bertz CT molecular complexity index is 1180. The van der Waals surface area contributed by atoms with Crippen LogP contribution in [0.5, 0.6) is 5.75 Å². The van der Waals surface area contributed by atoms with E-state index in [1.54, 1.807) is 0 Å². The molecule has 196 valence electrons. The Kier molecular flexibility index (Phi) is 7.55. The summed E-state index contributed by atoms with van der Waals surface area (Å²) in [7, 11) is 0. The highest BCUT2D eigenvalue weighted by atomic mass is 19.4. The van der Waals surface area contributed by atoms with Crippen molar-refractivity contribution in [1.29, 1.82) is 0 Å². The van der Waals surface area contributed by atoms with Crippen molar-refractivity contribution in [2.24, 2.45) is 11.7 Å². The van der Waals surface area contributed by atoms with E-state index in [1.165, 1.54) is 26.1 Å². The lowest BCUT2D eigenvalue weighted by atomic mass is 9.77. The number of nitrogens with zero attached hydrogens (tertiary/aromatic N) is 1. The van der Waals surface area contributed by atoms with Gasteiger partial charge in [-0.2, -0.15) is 22.1 Å². The van der Waals surface area contributed by atoms with Crippen LogP contribution in [0.2, 0.25) is 0 Å². The Morgan fingerprint density at radius 3 is 2.50 bits per heavy atom. The van der Waals surface area contributed by atoms with E-state index in [9.17, 15) is 36.6 Å². The number of anilines is 1. The highest BCUT2D eigenvalue weighted by Gasteiger charge is 2.66. The predicted octanol–water partition coefficient (Wildman–Crippen LogP) is 2.78. The molecule has 0 bridgehead atoms. The number of halogens is 5. The van der Waals surface area contributed by atoms with Crippen molar-refractivity contribution in [1.82, 2.24) is 0 Å². The van der Waals surface area contributed by atoms with E-state index in [2.05, 4.69) is 5.32 Å². The number of carbonyl (C=O) groups is 2. The number of hydrogen-bond acceptors (Lipinski definition) is 5. The molecule has 3 rings (SSSR count). The van der Waals surface area contributed by atoms with Gasteiger partial charge in [-0.3, -0.25) is 9.59 Å². The molecule has 36 heavy (non-hydrogen) atoms. The summed E-state index contributed by atoms with van der Waals surface area (Å²) in [4.78, 5) is 24.9. The molecule has 1 aromatic heterocycles. The number of aliphatic hydroxyl groups excluding tert-OH is 1. The number of carbonyl (C=O) groups excluding carboxylic acids is 2. The van der Waals surface area contributed by atoms with Gasteiger partial charge < -0.3 is 25.6 Å². The number of primary amides is 1. The SMILES string of the molecule is CCOc1c([C@@H]2[C@@H](C(=O)Nc3cc[n+](CO)c(C(N)=O)c3)O[C@](C)(C(F)(F)F)[C@@H]2C)ccc(F)c1F. The molecule has 0 unspecified atom stereocenters. The van der Waals surface area contributed by atoms with Crippen LogP contribution in [0.15, 0.2) is 30.5 Å². The zero-order valence-electron chi connectivity index (χ0n) is 19.5. The van der Waals surface area contributed by atoms with Crippen LogP contribution in [0.1, 0.15) is 42.7 Å². The van der Waals surface area contributed by atoms with E-state index < -0.39 is 65.6 Å². The van der Waals surface area contributed by atoms with Crippen LogP contribution in [-0.4, -0.2) is 41.4 Å². The summed E-state index contributed by atoms with van der Waals surface area (Å²) in [5.74, 6) is -8.07. The van der Waals surface area contributed by atoms with E-state index >= 15 is 0 Å². The third kappa shape index (κ3) is 4.72. The van der Waals surface area contributed by atoms with Crippen LogP contribution in [0.4, 0.5) is 27.6 Å². The van der Waals surface area contributed by atoms with Gasteiger partial charge in [0.2, 0.25) is 5.82 Å². The predicted molar refractivity (Wildman–Crippen MR) is 115 cm³/mol. The Morgan fingerprint density at radius 2 is 1.94 bits per heavy atom. The number of aliphatic hydroxyl groups is 1. The molecule has 1 saturated heterocycles. The number of benzene rings is 1. The minimum atomic E-state index is -4.91. The van der Waals surface area contributed by atoms with Gasteiger partial charge in [0.05, 0.1) is 12.3 Å². The molecular formula is C23H25F5N3O5+. The largest absolute Gasteiger partial charge is 0.490 e. The van der Waals surface area contributed by atoms with Gasteiger partial charge in [-0.1, -0.05) is 13.0 Å². The lowest BCUT2D eigenvalue weighted by Gasteiger charge is -2.32. The number of ether oxygens (including phenoxy) is 2.